The van der Waals surface area contributed by atoms with Crippen LogP contribution in [0.4, 0.5) is 13.2 Å². The molecule has 0 bridgehead atoms. The van der Waals surface area contributed by atoms with E-state index in [9.17, 15) is 13.2 Å². The predicted octanol–water partition coefficient (Wildman–Crippen LogP) is 3.98. The quantitative estimate of drug-likeness (QED) is 0.805. The maximum atomic E-state index is 12.6. The highest BCUT2D eigenvalue weighted by atomic mass is 79.9. The van der Waals surface area contributed by atoms with Gasteiger partial charge in [-0.2, -0.15) is 13.2 Å². The maximum Gasteiger partial charge on any atom is 0.401 e. The number of hydrogen-bond donors (Lipinski definition) is 0. The summed E-state index contributed by atoms with van der Waals surface area (Å²) in [7, 11) is 1.54. The van der Waals surface area contributed by atoms with Crippen molar-refractivity contribution in [2.45, 2.75) is 31.6 Å². The Bertz CT molecular complexity index is 446. The molecular formula is C13H15BrF3NO. The van der Waals surface area contributed by atoms with Gasteiger partial charge >= 0.3 is 6.18 Å². The number of hydrogen-bond acceptors (Lipinski definition) is 2. The molecule has 106 valence electrons. The van der Waals surface area contributed by atoms with Crippen LogP contribution in [-0.4, -0.2) is 30.8 Å². The zero-order valence-corrected chi connectivity index (χ0v) is 12.1. The lowest BCUT2D eigenvalue weighted by molar-refractivity contribution is -0.148. The lowest BCUT2D eigenvalue weighted by atomic mass is 10.2. The summed E-state index contributed by atoms with van der Waals surface area (Å²) in [5.41, 5.74) is 0.815. The molecule has 0 atom stereocenters. The minimum absolute atomic E-state index is 0.0553. The molecule has 2 rings (SSSR count). The van der Waals surface area contributed by atoms with Gasteiger partial charge in [0.05, 0.1) is 13.7 Å². The Balaban J connectivity index is 2.12. The van der Waals surface area contributed by atoms with Gasteiger partial charge in [0.2, 0.25) is 0 Å². The first kappa shape index (κ1) is 14.7. The van der Waals surface area contributed by atoms with Crippen LogP contribution in [-0.2, 0) is 6.54 Å². The smallest absolute Gasteiger partial charge is 0.401 e. The third-order valence-corrected chi connectivity index (χ3v) is 3.85. The molecule has 0 N–H and O–H groups in total. The van der Waals surface area contributed by atoms with E-state index in [0.29, 0.717) is 5.75 Å². The fraction of sp³-hybridized carbons (Fsp3) is 0.538. The van der Waals surface area contributed by atoms with Crippen LogP contribution in [0.15, 0.2) is 22.7 Å². The first-order valence-corrected chi connectivity index (χ1v) is 6.81. The molecule has 19 heavy (non-hydrogen) atoms. The highest BCUT2D eigenvalue weighted by molar-refractivity contribution is 9.10. The number of rotatable bonds is 5. The number of alkyl halides is 3. The summed E-state index contributed by atoms with van der Waals surface area (Å²) < 4.78 is 43.6. The molecule has 1 fully saturated rings. The van der Waals surface area contributed by atoms with Crippen LogP contribution in [0.3, 0.4) is 0 Å². The van der Waals surface area contributed by atoms with Gasteiger partial charge in [-0.3, -0.25) is 4.90 Å². The van der Waals surface area contributed by atoms with Crippen molar-refractivity contribution in [1.29, 1.82) is 0 Å². The molecule has 0 spiro atoms. The Labute approximate surface area is 118 Å². The van der Waals surface area contributed by atoms with E-state index >= 15 is 0 Å². The number of benzene rings is 1. The largest absolute Gasteiger partial charge is 0.497 e. The van der Waals surface area contributed by atoms with Crippen molar-refractivity contribution >= 4 is 15.9 Å². The molecule has 2 nitrogen and oxygen atoms in total. The molecule has 1 aromatic rings. The monoisotopic (exact) mass is 337 g/mol. The van der Waals surface area contributed by atoms with Crippen LogP contribution >= 0.6 is 15.9 Å². The Morgan fingerprint density at radius 1 is 1.37 bits per heavy atom. The van der Waals surface area contributed by atoms with Crippen molar-refractivity contribution in [1.82, 2.24) is 4.90 Å². The van der Waals surface area contributed by atoms with Crippen LogP contribution in [0, 0.1) is 0 Å². The lowest BCUT2D eigenvalue weighted by Crippen LogP contribution is -2.35. The summed E-state index contributed by atoms with van der Waals surface area (Å²) in [4.78, 5) is 1.49. The lowest BCUT2D eigenvalue weighted by Gasteiger charge is -2.24. The van der Waals surface area contributed by atoms with E-state index in [1.807, 2.05) is 0 Å². The van der Waals surface area contributed by atoms with Crippen molar-refractivity contribution in [3.05, 3.63) is 28.2 Å². The van der Waals surface area contributed by atoms with Crippen molar-refractivity contribution < 1.29 is 17.9 Å². The SMILES string of the molecule is COc1ccc(Br)c(CN(CC(F)(F)F)C2CC2)c1. The molecule has 0 saturated heterocycles. The number of methoxy groups -OCH3 is 1. The zero-order valence-electron chi connectivity index (χ0n) is 10.5. The topological polar surface area (TPSA) is 12.5 Å². The van der Waals surface area contributed by atoms with Gasteiger partial charge in [-0.25, -0.2) is 0 Å². The van der Waals surface area contributed by atoms with Crippen LogP contribution in [0.25, 0.3) is 0 Å². The van der Waals surface area contributed by atoms with Gasteiger partial charge in [-0.05, 0) is 36.6 Å². The minimum Gasteiger partial charge on any atom is -0.497 e. The van der Waals surface area contributed by atoms with Crippen LogP contribution in [0.5, 0.6) is 5.75 Å². The van der Waals surface area contributed by atoms with Crippen molar-refractivity contribution in [3.8, 4) is 5.75 Å². The summed E-state index contributed by atoms with van der Waals surface area (Å²) in [6.45, 7) is -0.580. The van der Waals surface area contributed by atoms with E-state index in [4.69, 9.17) is 4.74 Å². The molecule has 0 unspecified atom stereocenters. The molecule has 1 saturated carbocycles. The Morgan fingerprint density at radius 2 is 2.05 bits per heavy atom. The van der Waals surface area contributed by atoms with Gasteiger partial charge in [-0.15, -0.1) is 0 Å². The maximum absolute atomic E-state index is 12.6. The van der Waals surface area contributed by atoms with E-state index in [2.05, 4.69) is 15.9 Å². The highest BCUT2D eigenvalue weighted by Crippen LogP contribution is 2.33. The highest BCUT2D eigenvalue weighted by Gasteiger charge is 2.38. The van der Waals surface area contributed by atoms with E-state index in [1.165, 1.54) is 4.90 Å². The van der Waals surface area contributed by atoms with Gasteiger partial charge in [0.1, 0.15) is 5.75 Å². The second kappa shape index (κ2) is 5.71. The molecule has 0 aromatic heterocycles. The van der Waals surface area contributed by atoms with Crippen molar-refractivity contribution in [3.63, 3.8) is 0 Å². The fourth-order valence-electron chi connectivity index (χ4n) is 2.00. The first-order valence-electron chi connectivity index (χ1n) is 6.02. The average Bonchev–Trinajstić information content (AvgIpc) is 3.13. The number of ether oxygens (including phenoxy) is 1. The molecule has 0 aliphatic heterocycles. The van der Waals surface area contributed by atoms with Crippen LogP contribution in [0.2, 0.25) is 0 Å². The summed E-state index contributed by atoms with van der Waals surface area (Å²) in [5, 5.41) is 0. The second-order valence-electron chi connectivity index (χ2n) is 4.71. The average molecular weight is 338 g/mol. The molecule has 0 radical (unpaired) electrons. The molecule has 1 aliphatic carbocycles. The minimum atomic E-state index is -4.16. The Hall–Kier alpha value is -0.750. The van der Waals surface area contributed by atoms with Crippen LogP contribution in [0.1, 0.15) is 18.4 Å². The summed E-state index contributed by atoms with van der Waals surface area (Å²) >= 11 is 3.37. The van der Waals surface area contributed by atoms with E-state index in [0.717, 1.165) is 22.9 Å². The Morgan fingerprint density at radius 3 is 2.58 bits per heavy atom. The van der Waals surface area contributed by atoms with Gasteiger partial charge in [0.15, 0.2) is 0 Å². The molecule has 0 heterocycles. The van der Waals surface area contributed by atoms with Gasteiger partial charge < -0.3 is 4.74 Å². The third kappa shape index (κ3) is 4.38. The molecule has 1 aliphatic rings. The number of nitrogens with zero attached hydrogens (tertiary/aromatic N) is 1. The van der Waals surface area contributed by atoms with Crippen molar-refractivity contribution in [2.24, 2.45) is 0 Å². The molecule has 6 heteroatoms. The molecule has 0 amide bonds. The molecular weight excluding hydrogens is 323 g/mol. The van der Waals surface area contributed by atoms with E-state index in [-0.39, 0.29) is 12.6 Å². The number of halogens is 4. The second-order valence-corrected chi connectivity index (χ2v) is 5.56. The third-order valence-electron chi connectivity index (χ3n) is 3.07. The predicted molar refractivity (Wildman–Crippen MR) is 70.2 cm³/mol. The standard InChI is InChI=1S/C13H15BrF3NO/c1-19-11-4-5-12(14)9(6-11)7-18(10-2-3-10)8-13(15,16)17/h4-6,10H,2-3,7-8H2,1H3. The summed E-state index contributed by atoms with van der Waals surface area (Å²) in [6, 6.07) is 5.40. The van der Waals surface area contributed by atoms with Crippen molar-refractivity contribution in [2.75, 3.05) is 13.7 Å². The molecule has 1 aromatic carbocycles. The van der Waals surface area contributed by atoms with Gasteiger partial charge in [-0.1, -0.05) is 15.9 Å². The zero-order chi connectivity index (χ0) is 14.0. The summed E-state index contributed by atoms with van der Waals surface area (Å²) in [5.74, 6) is 0.654. The van der Waals surface area contributed by atoms with E-state index in [1.54, 1.807) is 25.3 Å². The van der Waals surface area contributed by atoms with E-state index < -0.39 is 12.7 Å². The van der Waals surface area contributed by atoms with Crippen LogP contribution < -0.4 is 4.74 Å². The van der Waals surface area contributed by atoms with Gasteiger partial charge in [0.25, 0.3) is 0 Å². The summed E-state index contributed by atoms with van der Waals surface area (Å²) in [6.07, 6.45) is -2.47. The first-order chi connectivity index (χ1) is 8.89. The Kier molecular flexibility index (Phi) is 4.40. The normalized spacial score (nSPS) is 15.9. The fourth-order valence-corrected chi connectivity index (χ4v) is 2.37. The van der Waals surface area contributed by atoms with Gasteiger partial charge in [0, 0.05) is 17.1 Å².